The minimum atomic E-state index is -0.768. The lowest BCUT2D eigenvalue weighted by molar-refractivity contribution is 0.419. The zero-order valence-electron chi connectivity index (χ0n) is 7.84. The molecule has 0 bridgehead atoms. The zero-order chi connectivity index (χ0) is 8.81. The third kappa shape index (κ3) is 3.68. The number of hydrogen-bond donors (Lipinski definition) is 1. The van der Waals surface area contributed by atoms with Crippen molar-refractivity contribution in [2.45, 2.75) is 51.5 Å². The second-order valence-corrected chi connectivity index (χ2v) is 4.84. The Labute approximate surface area is 77.7 Å². The van der Waals surface area contributed by atoms with E-state index in [0.29, 0.717) is 6.04 Å². The molecule has 0 aromatic rings. The van der Waals surface area contributed by atoms with Gasteiger partial charge in [-0.15, -0.1) is 0 Å². The van der Waals surface area contributed by atoms with Crippen LogP contribution in [0.25, 0.3) is 0 Å². The molecule has 1 saturated carbocycles. The van der Waals surface area contributed by atoms with Crippen LogP contribution in [0.1, 0.15) is 45.4 Å². The third-order valence-electron chi connectivity index (χ3n) is 2.29. The molecule has 1 fully saturated rings. The first-order valence-corrected chi connectivity index (χ1v) is 6.29. The summed E-state index contributed by atoms with van der Waals surface area (Å²) in [5.74, 6) is 0.802. The minimum absolute atomic E-state index is 0.533. The lowest BCUT2D eigenvalue weighted by Crippen LogP contribution is -2.33. The van der Waals surface area contributed by atoms with Crippen LogP contribution in [0.15, 0.2) is 0 Å². The Kier molecular flexibility index (Phi) is 4.84. The molecule has 1 aliphatic rings. The van der Waals surface area contributed by atoms with Crippen LogP contribution in [0.3, 0.4) is 0 Å². The monoisotopic (exact) mass is 189 g/mol. The molecule has 2 nitrogen and oxygen atoms in total. The van der Waals surface area contributed by atoms with Crippen molar-refractivity contribution in [1.82, 2.24) is 4.72 Å². The van der Waals surface area contributed by atoms with Gasteiger partial charge < -0.3 is 0 Å². The van der Waals surface area contributed by atoms with Crippen LogP contribution >= 0.6 is 0 Å². The highest BCUT2D eigenvalue weighted by Gasteiger charge is 2.14. The van der Waals surface area contributed by atoms with Crippen LogP contribution < -0.4 is 4.72 Å². The van der Waals surface area contributed by atoms with Gasteiger partial charge in [0.05, 0.1) is 11.0 Å². The maximum Gasteiger partial charge on any atom is 0.0917 e. The van der Waals surface area contributed by atoms with Gasteiger partial charge in [0.25, 0.3) is 0 Å². The first kappa shape index (κ1) is 10.2. The van der Waals surface area contributed by atoms with Gasteiger partial charge in [-0.25, -0.2) is 8.93 Å². The normalized spacial score (nSPS) is 22.4. The quantitative estimate of drug-likeness (QED) is 0.720. The number of hydrogen-bond acceptors (Lipinski definition) is 1. The van der Waals surface area contributed by atoms with Gasteiger partial charge in [0.15, 0.2) is 0 Å². The molecule has 1 atom stereocenters. The van der Waals surface area contributed by atoms with E-state index < -0.39 is 11.0 Å². The molecule has 0 heterocycles. The SMILES string of the molecule is CCCS(=O)NC1CCCCC1. The predicted octanol–water partition coefficient (Wildman–Crippen LogP) is 1.98. The Morgan fingerprint density at radius 1 is 1.33 bits per heavy atom. The fourth-order valence-corrected chi connectivity index (χ4v) is 2.75. The van der Waals surface area contributed by atoms with Crippen molar-refractivity contribution in [3.05, 3.63) is 0 Å². The van der Waals surface area contributed by atoms with Crippen molar-refractivity contribution >= 4 is 11.0 Å². The molecule has 0 aromatic heterocycles. The van der Waals surface area contributed by atoms with E-state index in [1.165, 1.54) is 32.1 Å². The fourth-order valence-electron chi connectivity index (χ4n) is 1.65. The lowest BCUT2D eigenvalue weighted by Gasteiger charge is -2.21. The number of nitrogens with one attached hydrogen (secondary N) is 1. The van der Waals surface area contributed by atoms with Crippen LogP contribution in [-0.4, -0.2) is 16.0 Å². The summed E-state index contributed by atoms with van der Waals surface area (Å²) < 4.78 is 14.5. The van der Waals surface area contributed by atoms with Crippen LogP contribution in [0.5, 0.6) is 0 Å². The average molecular weight is 189 g/mol. The second kappa shape index (κ2) is 5.70. The van der Waals surface area contributed by atoms with E-state index in [4.69, 9.17) is 0 Å². The average Bonchev–Trinajstić information content (AvgIpc) is 2.06. The predicted molar refractivity (Wildman–Crippen MR) is 53.3 cm³/mol. The standard InChI is InChI=1S/C9H19NOS/c1-2-8-12(11)10-9-6-4-3-5-7-9/h9-10H,2-8H2,1H3. The van der Waals surface area contributed by atoms with E-state index in [0.717, 1.165) is 12.2 Å². The van der Waals surface area contributed by atoms with E-state index >= 15 is 0 Å². The largest absolute Gasteiger partial charge is 0.243 e. The molecule has 12 heavy (non-hydrogen) atoms. The lowest BCUT2D eigenvalue weighted by atomic mass is 9.96. The molecule has 72 valence electrons. The zero-order valence-corrected chi connectivity index (χ0v) is 8.66. The molecular formula is C9H19NOS. The summed E-state index contributed by atoms with van der Waals surface area (Å²) in [7, 11) is -0.768. The second-order valence-electron chi connectivity index (χ2n) is 3.50. The van der Waals surface area contributed by atoms with E-state index in [2.05, 4.69) is 11.6 Å². The first-order chi connectivity index (χ1) is 5.83. The van der Waals surface area contributed by atoms with Crippen LogP contribution in [-0.2, 0) is 11.0 Å². The van der Waals surface area contributed by atoms with Crippen molar-refractivity contribution in [2.24, 2.45) is 0 Å². The van der Waals surface area contributed by atoms with Crippen molar-refractivity contribution in [3.8, 4) is 0 Å². The molecule has 1 rings (SSSR count). The molecule has 0 saturated heterocycles. The Morgan fingerprint density at radius 3 is 2.58 bits per heavy atom. The van der Waals surface area contributed by atoms with Gasteiger partial charge in [-0.1, -0.05) is 26.2 Å². The summed E-state index contributed by atoms with van der Waals surface area (Å²) in [4.78, 5) is 0. The Balaban J connectivity index is 2.15. The molecule has 1 N–H and O–H groups in total. The van der Waals surface area contributed by atoms with Gasteiger partial charge in [-0.2, -0.15) is 0 Å². The van der Waals surface area contributed by atoms with Gasteiger partial charge >= 0.3 is 0 Å². The third-order valence-corrected chi connectivity index (χ3v) is 3.67. The van der Waals surface area contributed by atoms with Crippen molar-refractivity contribution < 1.29 is 4.21 Å². The molecule has 0 aliphatic heterocycles. The molecule has 1 unspecified atom stereocenters. The smallest absolute Gasteiger partial charge is 0.0917 e. The first-order valence-electron chi connectivity index (χ1n) is 4.97. The van der Waals surface area contributed by atoms with Crippen molar-refractivity contribution in [3.63, 3.8) is 0 Å². The van der Waals surface area contributed by atoms with Crippen LogP contribution in [0, 0.1) is 0 Å². The highest BCUT2D eigenvalue weighted by molar-refractivity contribution is 7.83. The highest BCUT2D eigenvalue weighted by atomic mass is 32.2. The van der Waals surface area contributed by atoms with E-state index in [1.54, 1.807) is 0 Å². The molecular weight excluding hydrogens is 170 g/mol. The summed E-state index contributed by atoms with van der Waals surface area (Å²) in [5, 5.41) is 0. The minimum Gasteiger partial charge on any atom is -0.243 e. The van der Waals surface area contributed by atoms with Gasteiger partial charge in [0.1, 0.15) is 0 Å². The van der Waals surface area contributed by atoms with E-state index in [-0.39, 0.29) is 0 Å². The summed E-state index contributed by atoms with van der Waals surface area (Å²) >= 11 is 0. The summed E-state index contributed by atoms with van der Waals surface area (Å²) in [6.45, 7) is 2.07. The maximum atomic E-state index is 11.3. The Morgan fingerprint density at radius 2 is 2.00 bits per heavy atom. The molecule has 3 heteroatoms. The van der Waals surface area contributed by atoms with Crippen LogP contribution in [0.2, 0.25) is 0 Å². The molecule has 1 aliphatic carbocycles. The summed E-state index contributed by atoms with van der Waals surface area (Å²) in [5.41, 5.74) is 0. The van der Waals surface area contributed by atoms with Gasteiger partial charge in [-0.05, 0) is 19.3 Å². The summed E-state index contributed by atoms with van der Waals surface area (Å²) in [6.07, 6.45) is 7.41. The maximum absolute atomic E-state index is 11.3. The van der Waals surface area contributed by atoms with E-state index in [1.807, 2.05) is 0 Å². The van der Waals surface area contributed by atoms with Gasteiger partial charge in [0, 0.05) is 11.8 Å². The fraction of sp³-hybridized carbons (Fsp3) is 1.00. The topological polar surface area (TPSA) is 29.1 Å². The van der Waals surface area contributed by atoms with Gasteiger partial charge in [-0.3, -0.25) is 0 Å². The number of rotatable bonds is 4. The molecule has 0 aromatic carbocycles. The molecule has 0 radical (unpaired) electrons. The van der Waals surface area contributed by atoms with Crippen molar-refractivity contribution in [1.29, 1.82) is 0 Å². The highest BCUT2D eigenvalue weighted by Crippen LogP contribution is 2.17. The molecule has 0 spiro atoms. The molecule has 0 amide bonds. The van der Waals surface area contributed by atoms with Gasteiger partial charge in [0.2, 0.25) is 0 Å². The summed E-state index contributed by atoms with van der Waals surface area (Å²) in [6, 6.07) is 0.533. The van der Waals surface area contributed by atoms with Crippen molar-refractivity contribution in [2.75, 3.05) is 5.75 Å². The Hall–Kier alpha value is 0.110. The Bertz CT molecular complexity index is 143. The van der Waals surface area contributed by atoms with E-state index in [9.17, 15) is 4.21 Å². The van der Waals surface area contributed by atoms with Crippen LogP contribution in [0.4, 0.5) is 0 Å².